The van der Waals surface area contributed by atoms with Crippen LogP contribution >= 0.6 is 21.4 Å². The largest absolute Gasteiger partial charge is 1.00 e. The number of halogens is 2. The van der Waals surface area contributed by atoms with E-state index in [1.54, 1.807) is 0 Å². The van der Waals surface area contributed by atoms with Crippen molar-refractivity contribution in [2.75, 3.05) is 0 Å². The molecular formula is C30H20Cl2N9NaO12S4. The van der Waals surface area contributed by atoms with E-state index in [9.17, 15) is 52.8 Å². The molecule has 0 N–H and O–H groups in total. The number of sulfonamides is 2. The second-order valence-electron chi connectivity index (χ2n) is 10.4. The van der Waals surface area contributed by atoms with Crippen molar-refractivity contribution in [1.82, 2.24) is 0 Å². The molecule has 58 heavy (non-hydrogen) atoms. The average molecular weight is 921 g/mol. The molecule has 0 radical (unpaired) electrons. The van der Waals surface area contributed by atoms with Gasteiger partial charge in [0.05, 0.1) is 32.4 Å². The van der Waals surface area contributed by atoms with Gasteiger partial charge in [-0.05, 0) is 59.6 Å². The normalized spacial score (nSPS) is 10.8. The monoisotopic (exact) mass is 919 g/mol. The topological polar surface area (TPSA) is 361 Å². The van der Waals surface area contributed by atoms with Crippen LogP contribution in [-0.4, -0.2) is 56.8 Å². The van der Waals surface area contributed by atoms with Gasteiger partial charge >= 0.3 is 29.6 Å². The minimum Gasteiger partial charge on any atom is -0.373 e. The van der Waals surface area contributed by atoms with Crippen molar-refractivity contribution in [3.8, 4) is 0 Å². The van der Waals surface area contributed by atoms with Crippen molar-refractivity contribution in [2.24, 2.45) is 9.04 Å². The van der Waals surface area contributed by atoms with Gasteiger partial charge in [0.25, 0.3) is 38.1 Å². The van der Waals surface area contributed by atoms with E-state index in [-0.39, 0.29) is 71.4 Å². The minimum atomic E-state index is -4.19. The summed E-state index contributed by atoms with van der Waals surface area (Å²) < 4.78 is 96.3. The molecule has 0 saturated carbocycles. The van der Waals surface area contributed by atoms with Crippen LogP contribution in [0.4, 0.5) is 0 Å². The van der Waals surface area contributed by atoms with Crippen LogP contribution in [0.3, 0.4) is 0 Å². The van der Waals surface area contributed by atoms with Gasteiger partial charge in [-0.3, -0.25) is 24.1 Å². The van der Waals surface area contributed by atoms with Crippen LogP contribution in [0.2, 0.25) is 0 Å². The number of nitrogens with zero attached hydrogens (tertiary/aromatic N) is 9. The number of carbonyl (C=O) groups excluding carboxylic acids is 4. The molecule has 0 saturated heterocycles. The second kappa shape index (κ2) is 22.1. The summed E-state index contributed by atoms with van der Waals surface area (Å²) in [5.41, 5.74) is 30.4. The van der Waals surface area contributed by atoms with E-state index in [0.717, 1.165) is 24.3 Å². The molecule has 21 nitrogen and oxygen atoms in total. The first-order valence-electron chi connectivity index (χ1n) is 14.5. The summed E-state index contributed by atoms with van der Waals surface area (Å²) >= 11 is 0. The molecule has 0 aliphatic carbocycles. The molecule has 0 spiro atoms. The Morgan fingerprint density at radius 1 is 0.431 bits per heavy atom. The maximum absolute atomic E-state index is 12.2. The molecule has 0 amide bonds. The molecule has 4 aromatic rings. The van der Waals surface area contributed by atoms with Crippen LogP contribution in [0.5, 0.6) is 0 Å². The Morgan fingerprint density at radius 3 is 0.793 bits per heavy atom. The molecule has 0 aliphatic heterocycles. The summed E-state index contributed by atoms with van der Waals surface area (Å²) in [6, 6.07) is 18.7. The quantitative estimate of drug-likeness (QED) is 0.0329. The van der Waals surface area contributed by atoms with E-state index in [0.29, 0.717) is 0 Å². The van der Waals surface area contributed by atoms with E-state index >= 15 is 0 Å². The van der Waals surface area contributed by atoms with E-state index in [2.05, 4.69) is 18.9 Å². The fraction of sp³-hybridized carbons (Fsp3) is 0.0667. The fourth-order valence-electron chi connectivity index (χ4n) is 4.12. The Morgan fingerprint density at radius 2 is 0.621 bits per heavy atom. The summed E-state index contributed by atoms with van der Waals surface area (Å²) in [6.07, 6.45) is -1.01. The van der Waals surface area contributed by atoms with Gasteiger partial charge < -0.3 is 11.1 Å². The Bertz CT molecular complexity index is 2610. The SMILES string of the molecule is O=C(CC(=O)c1ccc(S(=O)(=O)Cl)cc1)c1ccc(S(=O)(=O)Cl)cc1.[N-]=[N+]=NS(=O)(=O)c1ccc(C(=O)CC(=O)c2ccc(S(=O)(=O)N=[N+]=[N-])cc2)cc1.[N-]=[N+]=[N-].[Na+]. The molecule has 28 heteroatoms. The molecule has 0 aliphatic rings. The van der Waals surface area contributed by atoms with Gasteiger partial charge in [0, 0.05) is 62.5 Å². The molecule has 296 valence electrons. The molecule has 0 aromatic heterocycles. The van der Waals surface area contributed by atoms with Crippen molar-refractivity contribution < 1.29 is 82.4 Å². The van der Waals surface area contributed by atoms with Crippen LogP contribution in [0.15, 0.2) is 126 Å². The second-order valence-corrected chi connectivity index (χ2v) is 18.7. The zero-order valence-electron chi connectivity index (χ0n) is 29.0. The predicted octanol–water partition coefficient (Wildman–Crippen LogP) is 4.01. The summed E-state index contributed by atoms with van der Waals surface area (Å²) in [7, 11) is -5.80. The number of Topliss-reactive ketones (excluding diaryl/α,β-unsaturated/α-hetero) is 4. The third kappa shape index (κ3) is 15.3. The maximum Gasteiger partial charge on any atom is 1.00 e. The number of benzene rings is 4. The molecular weight excluding hydrogens is 901 g/mol. The van der Waals surface area contributed by atoms with E-state index in [4.69, 9.17) is 43.5 Å². The number of carbonyl (C=O) groups is 4. The number of ketones is 4. The molecule has 0 bridgehead atoms. The molecule has 0 fully saturated rings. The van der Waals surface area contributed by atoms with Crippen molar-refractivity contribution in [2.45, 2.75) is 32.4 Å². The van der Waals surface area contributed by atoms with Crippen molar-refractivity contribution in [1.29, 1.82) is 0 Å². The first-order chi connectivity index (χ1) is 26.5. The van der Waals surface area contributed by atoms with Crippen LogP contribution in [0.25, 0.3) is 36.9 Å². The van der Waals surface area contributed by atoms with Gasteiger partial charge in [-0.1, -0.05) is 48.5 Å². The molecule has 4 aromatic carbocycles. The van der Waals surface area contributed by atoms with E-state index in [1.807, 2.05) is 0 Å². The predicted molar refractivity (Wildman–Crippen MR) is 201 cm³/mol. The van der Waals surface area contributed by atoms with Crippen LogP contribution in [0.1, 0.15) is 54.3 Å². The zero-order valence-corrected chi connectivity index (χ0v) is 35.7. The number of hydrogen-bond donors (Lipinski definition) is 0. The standard InChI is InChI=1S/C15H10Cl2O6S2.C15H10N6O6S2.N3.Na/c16-24(20,21)12-5-1-10(2-6-12)14(18)9-15(19)11-3-7-13(8-4-11)25(17,22)23;16-18-20-28(24,25)12-5-1-10(2-6-12)14(22)9-15(23)11-3-7-13(8-4-11)29(26,27)21-19-17;1-3-2;/h1-8H,9H2;1-8H,9H2;;/q;;-1;+1. The van der Waals surface area contributed by atoms with Crippen LogP contribution < -0.4 is 29.6 Å². The smallest absolute Gasteiger partial charge is 0.373 e. The van der Waals surface area contributed by atoms with Gasteiger partial charge in [-0.2, -0.15) is 0 Å². The number of rotatable bonds is 14. The van der Waals surface area contributed by atoms with Crippen molar-refractivity contribution >= 4 is 82.6 Å². The average Bonchev–Trinajstić information content (AvgIpc) is 3.15. The van der Waals surface area contributed by atoms with Crippen molar-refractivity contribution in [3.05, 3.63) is 156 Å². The third-order valence-electron chi connectivity index (χ3n) is 6.79. The van der Waals surface area contributed by atoms with Crippen molar-refractivity contribution in [3.63, 3.8) is 0 Å². The van der Waals surface area contributed by atoms with Gasteiger partial charge in [0.1, 0.15) is 0 Å². The van der Waals surface area contributed by atoms with Crippen LogP contribution in [-0.2, 0) is 38.1 Å². The minimum absolute atomic E-state index is 0. The number of azide groups is 2. The number of hydrogen-bond acceptors (Lipinski definition) is 12. The maximum atomic E-state index is 12.2. The summed E-state index contributed by atoms with van der Waals surface area (Å²) in [4.78, 5) is 53.6. The van der Waals surface area contributed by atoms with Gasteiger partial charge in [0.15, 0.2) is 23.1 Å². The fourth-order valence-corrected chi connectivity index (χ4v) is 7.00. The van der Waals surface area contributed by atoms with E-state index < -0.39 is 74.1 Å². The first-order valence-corrected chi connectivity index (χ1v) is 22.0. The zero-order chi connectivity index (χ0) is 43.2. The van der Waals surface area contributed by atoms with Crippen LogP contribution in [0, 0.1) is 0 Å². The third-order valence-corrected chi connectivity index (χ3v) is 11.8. The summed E-state index contributed by atoms with van der Waals surface area (Å²) in [5, 5.41) is 0. The Kier molecular flexibility index (Phi) is 19.4. The molecule has 0 atom stereocenters. The molecule has 0 unspecified atom stereocenters. The van der Waals surface area contributed by atoms with Gasteiger partial charge in [-0.25, -0.2) is 33.7 Å². The first kappa shape index (κ1) is 50.9. The van der Waals surface area contributed by atoms with E-state index in [1.165, 1.54) is 77.7 Å². The molecule has 0 heterocycles. The Hall–Kier alpha value is -5.13. The Labute approximate surface area is 359 Å². The summed E-state index contributed by atoms with van der Waals surface area (Å²) in [6.45, 7) is 0. The van der Waals surface area contributed by atoms with Gasteiger partial charge in [0.2, 0.25) is 0 Å². The summed E-state index contributed by atoms with van der Waals surface area (Å²) in [5.74, 6) is -2.24. The Balaban J connectivity index is 0.000000539. The molecule has 4 rings (SSSR count). The van der Waals surface area contributed by atoms with Gasteiger partial charge in [-0.15, -0.1) is 0 Å².